The highest BCUT2D eigenvalue weighted by Gasteiger charge is 2.22. The third-order valence-corrected chi connectivity index (χ3v) is 3.92. The fourth-order valence-corrected chi connectivity index (χ4v) is 2.69. The predicted octanol–water partition coefficient (Wildman–Crippen LogP) is 2.48. The summed E-state index contributed by atoms with van der Waals surface area (Å²) in [5.41, 5.74) is 1.93. The van der Waals surface area contributed by atoms with Crippen molar-refractivity contribution < 1.29 is 9.53 Å². The summed E-state index contributed by atoms with van der Waals surface area (Å²) in [6, 6.07) is 13.9. The maximum absolute atomic E-state index is 12.0. The number of morpholine rings is 1. The highest BCUT2D eigenvalue weighted by atomic mass is 16.5. The summed E-state index contributed by atoms with van der Waals surface area (Å²) in [6.45, 7) is 3.12. The van der Waals surface area contributed by atoms with E-state index in [4.69, 9.17) is 4.74 Å². The molecule has 0 bridgehead atoms. The molecule has 1 N–H and O–H groups in total. The summed E-state index contributed by atoms with van der Waals surface area (Å²) in [6.07, 6.45) is 3.90. The van der Waals surface area contributed by atoms with Crippen LogP contribution in [-0.4, -0.2) is 42.0 Å². The number of rotatable bonds is 5. The lowest BCUT2D eigenvalue weighted by molar-refractivity contribution is -0.117. The Kier molecular flexibility index (Phi) is 5.34. The minimum atomic E-state index is 0.0146. The molecule has 1 unspecified atom stereocenters. The Balaban J connectivity index is 1.47. The van der Waals surface area contributed by atoms with Crippen molar-refractivity contribution in [2.75, 3.05) is 31.6 Å². The molecule has 0 radical (unpaired) electrons. The molecule has 23 heavy (non-hydrogen) atoms. The average molecular weight is 311 g/mol. The van der Waals surface area contributed by atoms with Gasteiger partial charge in [-0.05, 0) is 17.7 Å². The van der Waals surface area contributed by atoms with Gasteiger partial charge in [0.25, 0.3) is 0 Å². The minimum Gasteiger partial charge on any atom is -0.371 e. The van der Waals surface area contributed by atoms with E-state index in [1.165, 1.54) is 5.56 Å². The van der Waals surface area contributed by atoms with Crippen LogP contribution in [0, 0.1) is 0 Å². The van der Waals surface area contributed by atoms with E-state index in [-0.39, 0.29) is 12.0 Å². The third kappa shape index (κ3) is 4.61. The van der Waals surface area contributed by atoms with E-state index in [0.717, 1.165) is 25.3 Å². The van der Waals surface area contributed by atoms with Crippen LogP contribution < -0.4 is 5.32 Å². The first-order valence-electron chi connectivity index (χ1n) is 7.90. The number of amides is 1. The molecule has 5 nitrogen and oxygen atoms in total. The summed E-state index contributed by atoms with van der Waals surface area (Å²) in [5.74, 6) is 0.0146. The van der Waals surface area contributed by atoms with Gasteiger partial charge in [-0.2, -0.15) is 0 Å². The molecular weight excluding hydrogens is 290 g/mol. The topological polar surface area (TPSA) is 54.5 Å². The molecule has 1 atom stereocenters. The summed E-state index contributed by atoms with van der Waals surface area (Å²) < 4.78 is 5.85. The Morgan fingerprint density at radius 2 is 2.13 bits per heavy atom. The molecule has 1 aromatic carbocycles. The Morgan fingerprint density at radius 3 is 2.91 bits per heavy atom. The maximum atomic E-state index is 12.0. The zero-order valence-electron chi connectivity index (χ0n) is 13.0. The molecule has 5 heteroatoms. The van der Waals surface area contributed by atoms with E-state index in [9.17, 15) is 4.79 Å². The van der Waals surface area contributed by atoms with E-state index < -0.39 is 0 Å². The second-order valence-electron chi connectivity index (χ2n) is 5.61. The standard InChI is InChI=1S/C18H21N3O2/c22-18(20-16-7-4-9-19-13-16)8-10-21-11-12-23-17(14-21)15-5-2-1-3-6-15/h1-7,9,13,17H,8,10-12,14H2,(H,20,22). The van der Waals surface area contributed by atoms with Gasteiger partial charge >= 0.3 is 0 Å². The number of pyridine rings is 1. The molecule has 2 aromatic rings. The zero-order valence-corrected chi connectivity index (χ0v) is 13.0. The van der Waals surface area contributed by atoms with E-state index in [2.05, 4.69) is 27.3 Å². The number of nitrogens with zero attached hydrogens (tertiary/aromatic N) is 2. The summed E-state index contributed by atoms with van der Waals surface area (Å²) in [4.78, 5) is 18.3. The van der Waals surface area contributed by atoms with Crippen LogP contribution in [0.25, 0.3) is 0 Å². The van der Waals surface area contributed by atoms with Crippen molar-refractivity contribution >= 4 is 11.6 Å². The molecule has 3 rings (SSSR count). The van der Waals surface area contributed by atoms with Crippen LogP contribution >= 0.6 is 0 Å². The molecule has 1 aliphatic rings. The Hall–Kier alpha value is -2.24. The normalized spacial score (nSPS) is 18.5. The summed E-state index contributed by atoms with van der Waals surface area (Å²) >= 11 is 0. The number of hydrogen-bond donors (Lipinski definition) is 1. The highest BCUT2D eigenvalue weighted by molar-refractivity contribution is 5.90. The molecule has 0 saturated carbocycles. The lowest BCUT2D eigenvalue weighted by Crippen LogP contribution is -2.39. The summed E-state index contributed by atoms with van der Waals surface area (Å²) in [5, 5.41) is 2.87. The quantitative estimate of drug-likeness (QED) is 0.922. The van der Waals surface area contributed by atoms with Gasteiger partial charge in [0.15, 0.2) is 0 Å². The molecule has 0 aliphatic carbocycles. The van der Waals surface area contributed by atoms with Crippen molar-refractivity contribution in [1.29, 1.82) is 0 Å². The van der Waals surface area contributed by atoms with Crippen LogP contribution in [0.15, 0.2) is 54.9 Å². The Bertz CT molecular complexity index is 619. The third-order valence-electron chi connectivity index (χ3n) is 3.92. The number of anilines is 1. The number of carbonyl (C=O) groups excluding carboxylic acids is 1. The molecule has 2 heterocycles. The molecule has 1 amide bonds. The maximum Gasteiger partial charge on any atom is 0.225 e. The smallest absolute Gasteiger partial charge is 0.225 e. The zero-order chi connectivity index (χ0) is 15.9. The van der Waals surface area contributed by atoms with Gasteiger partial charge in [0, 0.05) is 32.3 Å². The van der Waals surface area contributed by atoms with Crippen LogP contribution in [0.4, 0.5) is 5.69 Å². The van der Waals surface area contributed by atoms with Crippen LogP contribution in [0.3, 0.4) is 0 Å². The second kappa shape index (κ2) is 7.85. The molecule has 1 fully saturated rings. The van der Waals surface area contributed by atoms with Gasteiger partial charge in [0.05, 0.1) is 24.6 Å². The Labute approximate surface area is 136 Å². The van der Waals surface area contributed by atoms with Crippen molar-refractivity contribution in [2.24, 2.45) is 0 Å². The second-order valence-corrected chi connectivity index (χ2v) is 5.61. The van der Waals surface area contributed by atoms with Gasteiger partial charge in [-0.25, -0.2) is 0 Å². The largest absolute Gasteiger partial charge is 0.371 e. The van der Waals surface area contributed by atoms with E-state index in [1.807, 2.05) is 30.3 Å². The first-order valence-corrected chi connectivity index (χ1v) is 7.90. The van der Waals surface area contributed by atoms with Crippen molar-refractivity contribution in [2.45, 2.75) is 12.5 Å². The van der Waals surface area contributed by atoms with Crippen LogP contribution in [-0.2, 0) is 9.53 Å². The molecule has 1 saturated heterocycles. The molecule has 1 aliphatic heterocycles. The number of carbonyl (C=O) groups is 1. The van der Waals surface area contributed by atoms with Crippen LogP contribution in [0.1, 0.15) is 18.1 Å². The molecule has 120 valence electrons. The van der Waals surface area contributed by atoms with Gasteiger partial charge in [-0.3, -0.25) is 14.7 Å². The van der Waals surface area contributed by atoms with Gasteiger partial charge in [0.2, 0.25) is 5.91 Å². The minimum absolute atomic E-state index is 0.0146. The van der Waals surface area contributed by atoms with Crippen LogP contribution in [0.5, 0.6) is 0 Å². The molecule has 1 aromatic heterocycles. The lowest BCUT2D eigenvalue weighted by Gasteiger charge is -2.33. The van der Waals surface area contributed by atoms with Crippen molar-refractivity contribution in [3.8, 4) is 0 Å². The molecular formula is C18H21N3O2. The van der Waals surface area contributed by atoms with Crippen molar-refractivity contribution in [1.82, 2.24) is 9.88 Å². The first kappa shape index (κ1) is 15.6. The van der Waals surface area contributed by atoms with Gasteiger partial charge in [0.1, 0.15) is 0 Å². The van der Waals surface area contributed by atoms with Gasteiger partial charge < -0.3 is 10.1 Å². The average Bonchev–Trinajstić information content (AvgIpc) is 2.62. The number of hydrogen-bond acceptors (Lipinski definition) is 4. The van der Waals surface area contributed by atoms with E-state index in [1.54, 1.807) is 12.4 Å². The predicted molar refractivity (Wildman–Crippen MR) is 89.1 cm³/mol. The van der Waals surface area contributed by atoms with Gasteiger partial charge in [-0.15, -0.1) is 0 Å². The fourth-order valence-electron chi connectivity index (χ4n) is 2.69. The van der Waals surface area contributed by atoms with Crippen molar-refractivity contribution in [3.63, 3.8) is 0 Å². The van der Waals surface area contributed by atoms with E-state index in [0.29, 0.717) is 13.0 Å². The number of nitrogens with one attached hydrogen (secondary N) is 1. The monoisotopic (exact) mass is 311 g/mol. The number of ether oxygens (including phenoxy) is 1. The Morgan fingerprint density at radius 1 is 1.26 bits per heavy atom. The van der Waals surface area contributed by atoms with Gasteiger partial charge in [-0.1, -0.05) is 30.3 Å². The fraction of sp³-hybridized carbons (Fsp3) is 0.333. The number of aromatic nitrogens is 1. The summed E-state index contributed by atoms with van der Waals surface area (Å²) in [7, 11) is 0. The van der Waals surface area contributed by atoms with Crippen molar-refractivity contribution in [3.05, 3.63) is 60.4 Å². The lowest BCUT2D eigenvalue weighted by atomic mass is 10.1. The molecule has 0 spiro atoms. The van der Waals surface area contributed by atoms with Crippen LogP contribution in [0.2, 0.25) is 0 Å². The SMILES string of the molecule is O=C(CCN1CCOC(c2ccccc2)C1)Nc1cccnc1. The number of benzene rings is 1. The van der Waals surface area contributed by atoms with E-state index >= 15 is 0 Å². The highest BCUT2D eigenvalue weighted by Crippen LogP contribution is 2.21. The first-order chi connectivity index (χ1) is 11.3.